The molecule has 0 atom stereocenters. The van der Waals surface area contributed by atoms with Crippen LogP contribution in [0.2, 0.25) is 0 Å². The molecule has 0 saturated heterocycles. The van der Waals surface area contributed by atoms with Gasteiger partial charge in [0, 0.05) is 42.2 Å². The number of hydrogen-bond acceptors (Lipinski definition) is 5. The number of anilines is 1. The summed E-state index contributed by atoms with van der Waals surface area (Å²) in [5.74, 6) is 0.963. The summed E-state index contributed by atoms with van der Waals surface area (Å²) in [4.78, 5) is 14.7. The van der Waals surface area contributed by atoms with Crippen LogP contribution in [0.5, 0.6) is 0 Å². The van der Waals surface area contributed by atoms with Crippen molar-refractivity contribution in [3.63, 3.8) is 0 Å². The molecule has 0 fully saturated rings. The van der Waals surface area contributed by atoms with Crippen molar-refractivity contribution in [3.8, 4) is 16.9 Å². The molecule has 1 N–H and O–H groups in total. The molecule has 0 amide bonds. The van der Waals surface area contributed by atoms with E-state index in [1.807, 2.05) is 23.0 Å². The number of nitro benzene ring substituents is 1. The van der Waals surface area contributed by atoms with E-state index in [-0.39, 0.29) is 5.69 Å². The molecule has 126 valence electrons. The smallest absolute Gasteiger partial charge is 0.269 e. The number of nitrogens with one attached hydrogen (secondary N) is 1. The Morgan fingerprint density at radius 1 is 1.16 bits per heavy atom. The second-order valence-electron chi connectivity index (χ2n) is 5.99. The number of hydrogen-bond donors (Lipinski definition) is 1. The number of non-ortho nitro benzene ring substituents is 1. The number of fused-ring (bicyclic) bond motifs is 1. The second-order valence-corrected chi connectivity index (χ2v) is 5.99. The van der Waals surface area contributed by atoms with Crippen molar-refractivity contribution in [1.29, 1.82) is 0 Å². The van der Waals surface area contributed by atoms with Gasteiger partial charge in [0.2, 0.25) is 0 Å². The van der Waals surface area contributed by atoms with E-state index in [2.05, 4.69) is 10.3 Å². The zero-order chi connectivity index (χ0) is 17.2. The summed E-state index contributed by atoms with van der Waals surface area (Å²) in [6.45, 7) is 0.887. The SMILES string of the molecule is O=[N+]([O-])c1ccc(-n2nc(-c3cccnc3)c3c2NCCCC3)cc1. The van der Waals surface area contributed by atoms with Gasteiger partial charge in [0.15, 0.2) is 0 Å². The van der Waals surface area contributed by atoms with E-state index in [1.54, 1.807) is 18.3 Å². The van der Waals surface area contributed by atoms with Gasteiger partial charge < -0.3 is 5.32 Å². The van der Waals surface area contributed by atoms with Crippen molar-refractivity contribution < 1.29 is 4.92 Å². The molecule has 1 aromatic carbocycles. The van der Waals surface area contributed by atoms with Crippen LogP contribution in [-0.2, 0) is 6.42 Å². The van der Waals surface area contributed by atoms with E-state index in [0.717, 1.165) is 48.6 Å². The van der Waals surface area contributed by atoms with Gasteiger partial charge in [-0.1, -0.05) is 0 Å². The zero-order valence-corrected chi connectivity index (χ0v) is 13.6. The third kappa shape index (κ3) is 2.84. The molecule has 7 nitrogen and oxygen atoms in total. The number of nitrogens with zero attached hydrogens (tertiary/aromatic N) is 4. The first-order chi connectivity index (χ1) is 12.2. The van der Waals surface area contributed by atoms with Crippen molar-refractivity contribution in [2.45, 2.75) is 19.3 Å². The molecule has 0 aliphatic carbocycles. The van der Waals surface area contributed by atoms with E-state index in [0.29, 0.717) is 0 Å². The average Bonchev–Trinajstić information content (AvgIpc) is 2.84. The lowest BCUT2D eigenvalue weighted by Crippen LogP contribution is -2.07. The molecule has 7 heteroatoms. The van der Waals surface area contributed by atoms with Crippen LogP contribution in [0.3, 0.4) is 0 Å². The number of nitro groups is 1. The maximum Gasteiger partial charge on any atom is 0.269 e. The Balaban J connectivity index is 1.85. The van der Waals surface area contributed by atoms with Gasteiger partial charge in [-0.15, -0.1) is 0 Å². The Labute approximate surface area is 144 Å². The highest BCUT2D eigenvalue weighted by Gasteiger charge is 2.22. The van der Waals surface area contributed by atoms with Crippen molar-refractivity contribution >= 4 is 11.5 Å². The highest BCUT2D eigenvalue weighted by Crippen LogP contribution is 2.33. The maximum atomic E-state index is 10.9. The Hall–Kier alpha value is -3.22. The first-order valence-corrected chi connectivity index (χ1v) is 8.25. The Kier molecular flexibility index (Phi) is 3.89. The Morgan fingerprint density at radius 2 is 2.00 bits per heavy atom. The molecule has 3 heterocycles. The van der Waals surface area contributed by atoms with Crippen LogP contribution in [0, 0.1) is 10.1 Å². The van der Waals surface area contributed by atoms with E-state index in [9.17, 15) is 10.1 Å². The largest absolute Gasteiger partial charge is 0.370 e. The van der Waals surface area contributed by atoms with Crippen molar-refractivity contribution in [2.75, 3.05) is 11.9 Å². The van der Waals surface area contributed by atoms with Crippen LogP contribution in [0.4, 0.5) is 11.5 Å². The summed E-state index contributed by atoms with van der Waals surface area (Å²) in [7, 11) is 0. The van der Waals surface area contributed by atoms with Crippen molar-refractivity contribution in [3.05, 3.63) is 64.5 Å². The molecule has 1 aliphatic rings. The fourth-order valence-corrected chi connectivity index (χ4v) is 3.14. The van der Waals surface area contributed by atoms with Crippen molar-refractivity contribution in [1.82, 2.24) is 14.8 Å². The van der Waals surface area contributed by atoms with Gasteiger partial charge in [-0.2, -0.15) is 5.10 Å². The molecule has 0 spiro atoms. The molecule has 0 unspecified atom stereocenters. The van der Waals surface area contributed by atoms with Gasteiger partial charge in [0.1, 0.15) is 5.82 Å². The van der Waals surface area contributed by atoms with Crippen LogP contribution < -0.4 is 5.32 Å². The topological polar surface area (TPSA) is 85.9 Å². The minimum atomic E-state index is -0.396. The summed E-state index contributed by atoms with van der Waals surface area (Å²) in [5, 5.41) is 19.1. The molecule has 0 saturated carbocycles. The van der Waals surface area contributed by atoms with Gasteiger partial charge in [-0.25, -0.2) is 4.68 Å². The molecule has 4 rings (SSSR count). The third-order valence-electron chi connectivity index (χ3n) is 4.37. The van der Waals surface area contributed by atoms with E-state index < -0.39 is 4.92 Å². The summed E-state index contributed by atoms with van der Waals surface area (Å²) >= 11 is 0. The summed E-state index contributed by atoms with van der Waals surface area (Å²) < 4.78 is 1.84. The maximum absolute atomic E-state index is 10.9. The number of aromatic nitrogens is 3. The monoisotopic (exact) mass is 335 g/mol. The summed E-state index contributed by atoms with van der Waals surface area (Å²) in [6.07, 6.45) is 6.70. The minimum absolute atomic E-state index is 0.0717. The first-order valence-electron chi connectivity index (χ1n) is 8.25. The number of pyridine rings is 1. The molecular weight excluding hydrogens is 318 g/mol. The van der Waals surface area contributed by atoms with Crippen LogP contribution >= 0.6 is 0 Å². The second kappa shape index (κ2) is 6.35. The third-order valence-corrected chi connectivity index (χ3v) is 4.37. The Morgan fingerprint density at radius 3 is 2.72 bits per heavy atom. The highest BCUT2D eigenvalue weighted by atomic mass is 16.6. The van der Waals surface area contributed by atoms with E-state index >= 15 is 0 Å². The lowest BCUT2D eigenvalue weighted by Gasteiger charge is -2.09. The molecule has 1 aliphatic heterocycles. The fraction of sp³-hybridized carbons (Fsp3) is 0.222. The molecular formula is C18H17N5O2. The van der Waals surface area contributed by atoms with Gasteiger partial charge in [0.05, 0.1) is 16.3 Å². The summed E-state index contributed by atoms with van der Waals surface area (Å²) in [5.41, 5.74) is 3.93. The van der Waals surface area contributed by atoms with Crippen LogP contribution in [0.15, 0.2) is 48.8 Å². The van der Waals surface area contributed by atoms with E-state index in [1.165, 1.54) is 17.7 Å². The van der Waals surface area contributed by atoms with Crippen molar-refractivity contribution in [2.24, 2.45) is 0 Å². The molecule has 2 aromatic heterocycles. The van der Waals surface area contributed by atoms with Gasteiger partial charge >= 0.3 is 0 Å². The zero-order valence-electron chi connectivity index (χ0n) is 13.6. The number of rotatable bonds is 3. The van der Waals surface area contributed by atoms with Crippen LogP contribution in [0.25, 0.3) is 16.9 Å². The number of benzene rings is 1. The van der Waals surface area contributed by atoms with Gasteiger partial charge in [-0.05, 0) is 43.5 Å². The van der Waals surface area contributed by atoms with Crippen LogP contribution in [-0.4, -0.2) is 26.2 Å². The quantitative estimate of drug-likeness (QED) is 0.584. The predicted molar refractivity (Wildman–Crippen MR) is 94.9 cm³/mol. The van der Waals surface area contributed by atoms with Gasteiger partial charge in [0.25, 0.3) is 5.69 Å². The van der Waals surface area contributed by atoms with Gasteiger partial charge in [-0.3, -0.25) is 15.1 Å². The highest BCUT2D eigenvalue weighted by molar-refractivity contribution is 5.70. The van der Waals surface area contributed by atoms with E-state index in [4.69, 9.17) is 5.10 Å². The standard InChI is InChI=1S/C18H17N5O2/c24-23(25)15-8-6-14(7-9-15)22-18-16(5-1-2-11-20-18)17(21-22)13-4-3-10-19-12-13/h3-4,6-10,12,20H,1-2,5,11H2. The molecule has 25 heavy (non-hydrogen) atoms. The predicted octanol–water partition coefficient (Wildman–Crippen LogP) is 3.59. The Bertz CT molecular complexity index is 903. The average molecular weight is 335 g/mol. The molecule has 0 radical (unpaired) electrons. The first kappa shape index (κ1) is 15.3. The summed E-state index contributed by atoms with van der Waals surface area (Å²) in [6, 6.07) is 10.4. The van der Waals surface area contributed by atoms with Crippen LogP contribution in [0.1, 0.15) is 18.4 Å². The minimum Gasteiger partial charge on any atom is -0.370 e. The normalized spacial score (nSPS) is 13.6. The fourth-order valence-electron chi connectivity index (χ4n) is 3.14. The molecule has 3 aromatic rings. The lowest BCUT2D eigenvalue weighted by atomic mass is 10.1. The lowest BCUT2D eigenvalue weighted by molar-refractivity contribution is -0.384. The molecule has 0 bridgehead atoms.